The smallest absolute Gasteiger partial charge is 0.315 e. The quantitative estimate of drug-likeness (QED) is 0.575. The Labute approximate surface area is 125 Å². The Morgan fingerprint density at radius 3 is 2.29 bits per heavy atom. The van der Waals surface area contributed by atoms with Crippen LogP contribution in [0.2, 0.25) is 0 Å². The van der Waals surface area contributed by atoms with Crippen molar-refractivity contribution in [2.24, 2.45) is 0 Å². The summed E-state index contributed by atoms with van der Waals surface area (Å²) in [4.78, 5) is 21.9. The summed E-state index contributed by atoms with van der Waals surface area (Å²) in [6.45, 7) is 0.546. The zero-order chi connectivity index (χ0) is 15.7. The highest BCUT2D eigenvalue weighted by atomic mass is 32.2. The molecule has 1 rings (SSSR count). The van der Waals surface area contributed by atoms with Gasteiger partial charge in [0.05, 0.1) is 11.5 Å². The Morgan fingerprint density at radius 2 is 1.67 bits per heavy atom. The molecule has 1 aliphatic rings. The molecule has 2 amide bonds. The molecule has 3 N–H and O–H groups in total. The number of carboxylic acids is 1. The summed E-state index contributed by atoms with van der Waals surface area (Å²) in [5.74, 6) is -0.495. The van der Waals surface area contributed by atoms with Crippen molar-refractivity contribution in [3.05, 3.63) is 0 Å². The Bertz CT molecular complexity index is 435. The Kier molecular flexibility index (Phi) is 7.49. The fraction of sp³-hybridized carbons (Fsp3) is 0.846. The maximum absolute atomic E-state index is 11.6. The molecule has 1 aliphatic heterocycles. The number of hydrogen-bond donors (Lipinski definition) is 3. The number of urea groups is 1. The summed E-state index contributed by atoms with van der Waals surface area (Å²) < 4.78 is 22.5. The minimum absolute atomic E-state index is 0.0657. The second-order valence-electron chi connectivity index (χ2n) is 5.38. The molecule has 0 atom stereocenters. The third-order valence-electron chi connectivity index (χ3n) is 3.49. The van der Waals surface area contributed by atoms with E-state index in [1.807, 2.05) is 0 Å². The molecule has 1 saturated heterocycles. The van der Waals surface area contributed by atoms with Crippen molar-refractivity contribution in [3.8, 4) is 0 Å². The SMILES string of the molecule is O=C(O)CCCCCCNC(=O)NC1CCS(=O)(=O)CC1. The van der Waals surface area contributed by atoms with Crippen LogP contribution in [-0.4, -0.2) is 49.6 Å². The largest absolute Gasteiger partial charge is 0.481 e. The van der Waals surface area contributed by atoms with E-state index in [-0.39, 0.29) is 30.0 Å². The monoisotopic (exact) mass is 320 g/mol. The number of carboxylic acid groups (broad SMARTS) is 1. The Balaban J connectivity index is 2.00. The molecule has 0 aliphatic carbocycles. The van der Waals surface area contributed by atoms with Crippen molar-refractivity contribution in [3.63, 3.8) is 0 Å². The van der Waals surface area contributed by atoms with Gasteiger partial charge in [-0.25, -0.2) is 13.2 Å². The molecule has 0 spiro atoms. The molecule has 0 bridgehead atoms. The molecule has 21 heavy (non-hydrogen) atoms. The fourth-order valence-corrected chi connectivity index (χ4v) is 3.72. The molecular formula is C13H24N2O5S. The predicted molar refractivity (Wildman–Crippen MR) is 78.9 cm³/mol. The summed E-state index contributed by atoms with van der Waals surface area (Å²) in [6.07, 6.45) is 4.35. The Morgan fingerprint density at radius 1 is 1.05 bits per heavy atom. The molecule has 0 unspecified atom stereocenters. The van der Waals surface area contributed by atoms with Gasteiger partial charge in [0.15, 0.2) is 0 Å². The lowest BCUT2D eigenvalue weighted by molar-refractivity contribution is -0.137. The molecule has 0 saturated carbocycles. The number of rotatable bonds is 8. The van der Waals surface area contributed by atoms with E-state index in [1.54, 1.807) is 0 Å². The van der Waals surface area contributed by atoms with Gasteiger partial charge in [-0.2, -0.15) is 0 Å². The van der Waals surface area contributed by atoms with Gasteiger partial charge in [-0.1, -0.05) is 12.8 Å². The van der Waals surface area contributed by atoms with Gasteiger partial charge in [-0.15, -0.1) is 0 Å². The topological polar surface area (TPSA) is 113 Å². The third kappa shape index (κ3) is 8.54. The molecule has 1 fully saturated rings. The minimum atomic E-state index is -2.90. The standard InChI is InChI=1S/C13H24N2O5S/c16-12(17)5-3-1-2-4-8-14-13(18)15-11-6-9-21(19,20)10-7-11/h11H,1-10H2,(H,16,17)(H2,14,15,18). The highest BCUT2D eigenvalue weighted by Crippen LogP contribution is 2.11. The summed E-state index contributed by atoms with van der Waals surface area (Å²) in [7, 11) is -2.90. The van der Waals surface area contributed by atoms with Gasteiger partial charge in [0.25, 0.3) is 0 Å². The normalized spacial score (nSPS) is 18.1. The van der Waals surface area contributed by atoms with E-state index >= 15 is 0 Å². The van der Waals surface area contributed by atoms with Gasteiger partial charge in [0.1, 0.15) is 9.84 Å². The van der Waals surface area contributed by atoms with Crippen LogP contribution >= 0.6 is 0 Å². The van der Waals surface area contributed by atoms with E-state index in [4.69, 9.17) is 5.11 Å². The van der Waals surface area contributed by atoms with Crippen molar-refractivity contribution in [2.45, 2.75) is 51.0 Å². The molecule has 8 heteroatoms. The summed E-state index contributed by atoms with van der Waals surface area (Å²) in [5.41, 5.74) is 0. The summed E-state index contributed by atoms with van der Waals surface area (Å²) in [5, 5.41) is 14.0. The number of sulfone groups is 1. The first-order chi connectivity index (χ1) is 9.89. The van der Waals surface area contributed by atoms with Crippen molar-refractivity contribution in [2.75, 3.05) is 18.1 Å². The molecule has 7 nitrogen and oxygen atoms in total. The third-order valence-corrected chi connectivity index (χ3v) is 5.21. The van der Waals surface area contributed by atoms with Crippen LogP contribution in [0, 0.1) is 0 Å². The van der Waals surface area contributed by atoms with Gasteiger partial charge >= 0.3 is 12.0 Å². The van der Waals surface area contributed by atoms with E-state index in [1.165, 1.54) is 0 Å². The first kappa shape index (κ1) is 17.7. The lowest BCUT2D eigenvalue weighted by atomic mass is 10.1. The van der Waals surface area contributed by atoms with E-state index in [9.17, 15) is 18.0 Å². The van der Waals surface area contributed by atoms with Crippen LogP contribution in [0.1, 0.15) is 44.9 Å². The highest BCUT2D eigenvalue weighted by Gasteiger charge is 2.24. The summed E-state index contributed by atoms with van der Waals surface area (Å²) in [6, 6.07) is -0.325. The number of carbonyl (C=O) groups excluding carboxylic acids is 1. The van der Waals surface area contributed by atoms with Crippen LogP contribution in [0.15, 0.2) is 0 Å². The second-order valence-corrected chi connectivity index (χ2v) is 7.69. The van der Waals surface area contributed by atoms with Gasteiger partial charge < -0.3 is 15.7 Å². The number of unbranched alkanes of at least 4 members (excludes halogenated alkanes) is 3. The average molecular weight is 320 g/mol. The molecule has 0 aromatic carbocycles. The summed E-state index contributed by atoms with van der Waals surface area (Å²) >= 11 is 0. The van der Waals surface area contributed by atoms with Gasteiger partial charge in [0.2, 0.25) is 0 Å². The zero-order valence-electron chi connectivity index (χ0n) is 12.1. The first-order valence-corrected chi connectivity index (χ1v) is 9.18. The number of nitrogens with one attached hydrogen (secondary N) is 2. The second kappa shape index (κ2) is 8.86. The predicted octanol–water partition coefficient (Wildman–Crippen LogP) is 0.898. The lowest BCUT2D eigenvalue weighted by Crippen LogP contribution is -2.45. The van der Waals surface area contributed by atoms with E-state index in [0.29, 0.717) is 25.8 Å². The van der Waals surface area contributed by atoms with Crippen LogP contribution in [0.5, 0.6) is 0 Å². The van der Waals surface area contributed by atoms with Crippen molar-refractivity contribution < 1.29 is 23.1 Å². The maximum atomic E-state index is 11.6. The maximum Gasteiger partial charge on any atom is 0.315 e. The van der Waals surface area contributed by atoms with E-state index in [2.05, 4.69) is 10.6 Å². The lowest BCUT2D eigenvalue weighted by Gasteiger charge is -2.23. The molecule has 1 heterocycles. The van der Waals surface area contributed by atoms with E-state index < -0.39 is 15.8 Å². The number of aliphatic carboxylic acids is 1. The van der Waals surface area contributed by atoms with Crippen LogP contribution in [-0.2, 0) is 14.6 Å². The van der Waals surface area contributed by atoms with Crippen LogP contribution in [0.25, 0.3) is 0 Å². The van der Waals surface area contributed by atoms with Gasteiger partial charge in [-0.3, -0.25) is 4.79 Å². The van der Waals surface area contributed by atoms with Crippen LogP contribution < -0.4 is 10.6 Å². The highest BCUT2D eigenvalue weighted by molar-refractivity contribution is 7.91. The Hall–Kier alpha value is -1.31. The first-order valence-electron chi connectivity index (χ1n) is 7.35. The van der Waals surface area contributed by atoms with Crippen LogP contribution in [0.3, 0.4) is 0 Å². The van der Waals surface area contributed by atoms with Crippen molar-refractivity contribution in [1.82, 2.24) is 10.6 Å². The zero-order valence-corrected chi connectivity index (χ0v) is 13.0. The van der Waals surface area contributed by atoms with Gasteiger partial charge in [-0.05, 0) is 25.7 Å². The number of hydrogen-bond acceptors (Lipinski definition) is 4. The molecule has 0 radical (unpaired) electrons. The number of amides is 2. The molecule has 0 aromatic rings. The van der Waals surface area contributed by atoms with E-state index in [0.717, 1.165) is 19.3 Å². The van der Waals surface area contributed by atoms with Crippen LogP contribution in [0.4, 0.5) is 4.79 Å². The van der Waals surface area contributed by atoms with Crippen molar-refractivity contribution in [1.29, 1.82) is 0 Å². The average Bonchev–Trinajstić information content (AvgIpc) is 2.40. The van der Waals surface area contributed by atoms with Gasteiger partial charge in [0, 0.05) is 19.0 Å². The molecular weight excluding hydrogens is 296 g/mol. The molecule has 0 aromatic heterocycles. The minimum Gasteiger partial charge on any atom is -0.481 e. The van der Waals surface area contributed by atoms with Crippen molar-refractivity contribution >= 4 is 21.8 Å². The molecule has 122 valence electrons. The fourth-order valence-electron chi connectivity index (χ4n) is 2.23. The number of carbonyl (C=O) groups is 2.